The van der Waals surface area contributed by atoms with Crippen LogP contribution in [0.1, 0.15) is 31.0 Å². The standard InChI is InChI=1S/C22H24F2N2O2/c1-15-14-26(11-12-28-15)19-7-3-6-18(13-19)16(2)25-21(27)10-9-17-5-4-8-20(23)22(17)24/h3-10,13,15-16H,11-12,14H2,1-2H3,(H,25,27)/b10-9+/t15?,16-/m1/s1. The highest BCUT2D eigenvalue weighted by Crippen LogP contribution is 2.22. The summed E-state index contributed by atoms with van der Waals surface area (Å²) in [4.78, 5) is 14.4. The number of hydrogen-bond donors (Lipinski definition) is 1. The first-order chi connectivity index (χ1) is 13.4. The van der Waals surface area contributed by atoms with Crippen LogP contribution in [0.5, 0.6) is 0 Å². The largest absolute Gasteiger partial charge is 0.375 e. The van der Waals surface area contributed by atoms with E-state index in [4.69, 9.17) is 4.74 Å². The van der Waals surface area contributed by atoms with Gasteiger partial charge in [-0.2, -0.15) is 0 Å². The second-order valence-electron chi connectivity index (χ2n) is 6.93. The van der Waals surface area contributed by atoms with Gasteiger partial charge in [0.15, 0.2) is 11.6 Å². The Morgan fingerprint density at radius 2 is 2.07 bits per heavy atom. The van der Waals surface area contributed by atoms with Gasteiger partial charge in [-0.25, -0.2) is 8.78 Å². The van der Waals surface area contributed by atoms with E-state index in [1.54, 1.807) is 0 Å². The summed E-state index contributed by atoms with van der Waals surface area (Å²) in [6, 6.07) is 11.6. The van der Waals surface area contributed by atoms with E-state index in [2.05, 4.69) is 16.3 Å². The number of amides is 1. The van der Waals surface area contributed by atoms with Gasteiger partial charge in [0.25, 0.3) is 0 Å². The molecule has 2 atom stereocenters. The fourth-order valence-corrected chi connectivity index (χ4v) is 3.20. The molecule has 28 heavy (non-hydrogen) atoms. The van der Waals surface area contributed by atoms with E-state index >= 15 is 0 Å². The lowest BCUT2D eigenvalue weighted by Gasteiger charge is -2.33. The Hall–Kier alpha value is -2.73. The Morgan fingerprint density at radius 3 is 2.86 bits per heavy atom. The van der Waals surface area contributed by atoms with Crippen molar-refractivity contribution < 1.29 is 18.3 Å². The number of morpholine rings is 1. The maximum absolute atomic E-state index is 13.7. The van der Waals surface area contributed by atoms with Gasteiger partial charge in [-0.1, -0.05) is 24.3 Å². The van der Waals surface area contributed by atoms with Crippen LogP contribution >= 0.6 is 0 Å². The van der Waals surface area contributed by atoms with Gasteiger partial charge in [0.05, 0.1) is 18.8 Å². The lowest BCUT2D eigenvalue weighted by Crippen LogP contribution is -2.41. The lowest BCUT2D eigenvalue weighted by molar-refractivity contribution is -0.117. The first-order valence-corrected chi connectivity index (χ1v) is 9.33. The van der Waals surface area contributed by atoms with Crippen molar-refractivity contribution in [1.82, 2.24) is 5.32 Å². The Kier molecular flexibility index (Phi) is 6.41. The van der Waals surface area contributed by atoms with Crippen molar-refractivity contribution >= 4 is 17.7 Å². The summed E-state index contributed by atoms with van der Waals surface area (Å²) in [7, 11) is 0. The molecule has 1 fully saturated rings. The number of hydrogen-bond acceptors (Lipinski definition) is 3. The predicted molar refractivity (Wildman–Crippen MR) is 106 cm³/mol. The van der Waals surface area contributed by atoms with Crippen LogP contribution in [0.25, 0.3) is 6.08 Å². The molecule has 6 heteroatoms. The number of carbonyl (C=O) groups is 1. The van der Waals surface area contributed by atoms with Crippen LogP contribution in [0.4, 0.5) is 14.5 Å². The van der Waals surface area contributed by atoms with Crippen LogP contribution in [-0.2, 0) is 9.53 Å². The highest BCUT2D eigenvalue weighted by atomic mass is 19.2. The molecule has 0 saturated carbocycles. The number of benzene rings is 2. The molecule has 2 aromatic rings. The molecular weight excluding hydrogens is 362 g/mol. The number of nitrogens with one attached hydrogen (secondary N) is 1. The summed E-state index contributed by atoms with van der Waals surface area (Å²) < 4.78 is 32.5. The van der Waals surface area contributed by atoms with Crippen LogP contribution in [0.15, 0.2) is 48.5 Å². The molecule has 148 valence electrons. The summed E-state index contributed by atoms with van der Waals surface area (Å²) in [5, 5.41) is 2.85. The van der Waals surface area contributed by atoms with Crippen LogP contribution in [0, 0.1) is 11.6 Å². The molecule has 1 unspecified atom stereocenters. The molecule has 1 saturated heterocycles. The van der Waals surface area contributed by atoms with Gasteiger partial charge < -0.3 is 15.0 Å². The normalized spacial score (nSPS) is 18.3. The van der Waals surface area contributed by atoms with E-state index in [1.807, 2.05) is 32.0 Å². The summed E-state index contributed by atoms with van der Waals surface area (Å²) in [6.07, 6.45) is 2.66. The number of rotatable bonds is 5. The third-order valence-electron chi connectivity index (χ3n) is 4.73. The van der Waals surface area contributed by atoms with Gasteiger partial charge in [-0.15, -0.1) is 0 Å². The lowest BCUT2D eigenvalue weighted by atomic mass is 10.1. The van der Waals surface area contributed by atoms with Crippen molar-refractivity contribution in [3.05, 3.63) is 71.3 Å². The van der Waals surface area contributed by atoms with E-state index in [0.717, 1.165) is 30.4 Å². The number of halogens is 2. The SMILES string of the molecule is CC1CN(c2cccc([C@@H](C)NC(=O)/C=C/c3cccc(F)c3F)c2)CCO1. The third-order valence-corrected chi connectivity index (χ3v) is 4.73. The first-order valence-electron chi connectivity index (χ1n) is 9.33. The summed E-state index contributed by atoms with van der Waals surface area (Å²) in [5.74, 6) is -2.28. The maximum Gasteiger partial charge on any atom is 0.244 e. The van der Waals surface area contributed by atoms with Gasteiger partial charge in [0, 0.05) is 30.4 Å². The topological polar surface area (TPSA) is 41.6 Å². The minimum absolute atomic E-state index is 0.0336. The molecule has 1 aliphatic heterocycles. The second kappa shape index (κ2) is 8.97. The molecule has 1 amide bonds. The van der Waals surface area contributed by atoms with Gasteiger partial charge >= 0.3 is 0 Å². The molecule has 0 aromatic heterocycles. The molecule has 0 bridgehead atoms. The van der Waals surface area contributed by atoms with E-state index in [0.29, 0.717) is 6.61 Å². The molecule has 0 radical (unpaired) electrons. The number of ether oxygens (including phenoxy) is 1. The fourth-order valence-electron chi connectivity index (χ4n) is 3.20. The van der Waals surface area contributed by atoms with Gasteiger partial charge in [0.2, 0.25) is 5.91 Å². The van der Waals surface area contributed by atoms with Gasteiger partial charge in [0.1, 0.15) is 0 Å². The van der Waals surface area contributed by atoms with Crippen molar-refractivity contribution in [2.24, 2.45) is 0 Å². The van der Waals surface area contributed by atoms with E-state index in [9.17, 15) is 13.6 Å². The molecule has 1 N–H and O–H groups in total. The Bertz CT molecular complexity index is 869. The zero-order valence-electron chi connectivity index (χ0n) is 16.0. The van der Waals surface area contributed by atoms with Crippen LogP contribution < -0.4 is 10.2 Å². The summed E-state index contributed by atoms with van der Waals surface area (Å²) in [5.41, 5.74) is 2.09. The van der Waals surface area contributed by atoms with Gasteiger partial charge in [-0.3, -0.25) is 4.79 Å². The average molecular weight is 386 g/mol. The number of carbonyl (C=O) groups excluding carboxylic acids is 1. The Balaban J connectivity index is 1.65. The summed E-state index contributed by atoms with van der Waals surface area (Å²) >= 11 is 0. The smallest absolute Gasteiger partial charge is 0.244 e. The summed E-state index contributed by atoms with van der Waals surface area (Å²) in [6.45, 7) is 6.28. The molecule has 0 spiro atoms. The van der Waals surface area contributed by atoms with E-state index in [1.165, 1.54) is 24.3 Å². The van der Waals surface area contributed by atoms with Crippen molar-refractivity contribution in [2.45, 2.75) is 26.0 Å². The second-order valence-corrected chi connectivity index (χ2v) is 6.93. The molecule has 3 rings (SSSR count). The fraction of sp³-hybridized carbons (Fsp3) is 0.318. The minimum atomic E-state index is -0.966. The van der Waals surface area contributed by atoms with Crippen molar-refractivity contribution in [1.29, 1.82) is 0 Å². The van der Waals surface area contributed by atoms with Crippen molar-refractivity contribution in [3.63, 3.8) is 0 Å². The quantitative estimate of drug-likeness (QED) is 0.788. The zero-order chi connectivity index (χ0) is 20.1. The molecule has 2 aromatic carbocycles. The van der Waals surface area contributed by atoms with Crippen molar-refractivity contribution in [2.75, 3.05) is 24.6 Å². The maximum atomic E-state index is 13.7. The zero-order valence-corrected chi connectivity index (χ0v) is 16.0. The van der Waals surface area contributed by atoms with Gasteiger partial charge in [-0.05, 0) is 43.7 Å². The Labute approximate surface area is 163 Å². The molecule has 0 aliphatic carbocycles. The number of nitrogens with zero attached hydrogens (tertiary/aromatic N) is 1. The average Bonchev–Trinajstić information content (AvgIpc) is 2.69. The van der Waals surface area contributed by atoms with Crippen molar-refractivity contribution in [3.8, 4) is 0 Å². The monoisotopic (exact) mass is 386 g/mol. The molecular formula is C22H24F2N2O2. The molecule has 1 aliphatic rings. The highest BCUT2D eigenvalue weighted by molar-refractivity contribution is 5.92. The number of anilines is 1. The van der Waals surface area contributed by atoms with Crippen LogP contribution in [-0.4, -0.2) is 31.7 Å². The minimum Gasteiger partial charge on any atom is -0.375 e. The van der Waals surface area contributed by atoms with E-state index in [-0.39, 0.29) is 23.6 Å². The van der Waals surface area contributed by atoms with Crippen LogP contribution in [0.2, 0.25) is 0 Å². The molecule has 1 heterocycles. The van der Waals surface area contributed by atoms with E-state index < -0.39 is 11.6 Å². The highest BCUT2D eigenvalue weighted by Gasteiger charge is 2.18. The first kappa shape index (κ1) is 20.0. The molecule has 4 nitrogen and oxygen atoms in total. The Morgan fingerprint density at radius 1 is 1.29 bits per heavy atom. The predicted octanol–water partition coefficient (Wildman–Crippen LogP) is 4.08. The third kappa shape index (κ3) is 4.95. The van der Waals surface area contributed by atoms with Crippen LogP contribution in [0.3, 0.4) is 0 Å².